The first-order valence-electron chi connectivity index (χ1n) is 6.76. The lowest BCUT2D eigenvalue weighted by Gasteiger charge is -2.23. The zero-order chi connectivity index (χ0) is 14.8. The second kappa shape index (κ2) is 5.71. The lowest BCUT2D eigenvalue weighted by molar-refractivity contribution is 0.0665. The largest absolute Gasteiger partial charge is 0.485 e. The number of aromatic nitrogens is 2. The van der Waals surface area contributed by atoms with Gasteiger partial charge >= 0.3 is 0 Å². The smallest absolute Gasteiger partial charge is 0.271 e. The quantitative estimate of drug-likeness (QED) is 0.903. The molecule has 1 aromatic carbocycles. The van der Waals surface area contributed by atoms with E-state index < -0.39 is 6.10 Å². The van der Waals surface area contributed by atoms with Crippen LogP contribution in [0.15, 0.2) is 28.8 Å². The number of para-hydroxylation sites is 2. The highest BCUT2D eigenvalue weighted by Crippen LogP contribution is 2.35. The van der Waals surface area contributed by atoms with Crippen molar-refractivity contribution in [1.82, 2.24) is 15.0 Å². The van der Waals surface area contributed by atoms with Gasteiger partial charge in [-0.1, -0.05) is 17.3 Å². The number of ether oxygens (including phenoxy) is 2. The predicted octanol–water partition coefficient (Wildman–Crippen LogP) is 1.14. The van der Waals surface area contributed by atoms with E-state index in [1.54, 1.807) is 0 Å². The maximum atomic E-state index is 6.02. The summed E-state index contributed by atoms with van der Waals surface area (Å²) < 4.78 is 16.7. The average Bonchev–Trinajstić information content (AvgIpc) is 2.96. The minimum Gasteiger partial charge on any atom is -0.485 e. The predicted molar refractivity (Wildman–Crippen MR) is 75.1 cm³/mol. The average molecular weight is 290 g/mol. The molecule has 0 aliphatic carbocycles. The molecule has 0 spiro atoms. The van der Waals surface area contributed by atoms with E-state index in [0.717, 1.165) is 5.75 Å². The van der Waals surface area contributed by atoms with E-state index in [9.17, 15) is 0 Å². The number of nitrogens with two attached hydrogens (primary N) is 1. The molecule has 1 aliphatic heterocycles. The van der Waals surface area contributed by atoms with Crippen LogP contribution in [0.4, 0.5) is 0 Å². The summed E-state index contributed by atoms with van der Waals surface area (Å²) in [6.45, 7) is 0.978. The summed E-state index contributed by atoms with van der Waals surface area (Å²) in [5, 5.41) is 3.93. The van der Waals surface area contributed by atoms with Crippen molar-refractivity contribution in [3.8, 4) is 11.5 Å². The molecule has 7 nitrogen and oxygen atoms in total. The zero-order valence-electron chi connectivity index (χ0n) is 12.0. The molecule has 112 valence electrons. The van der Waals surface area contributed by atoms with Crippen LogP contribution in [-0.4, -0.2) is 42.3 Å². The van der Waals surface area contributed by atoms with Gasteiger partial charge in [0.15, 0.2) is 17.3 Å². The molecule has 0 fully saturated rings. The Morgan fingerprint density at radius 2 is 2.10 bits per heavy atom. The van der Waals surface area contributed by atoms with Gasteiger partial charge in [0, 0.05) is 6.54 Å². The van der Waals surface area contributed by atoms with Crippen LogP contribution in [0.3, 0.4) is 0 Å². The first-order chi connectivity index (χ1) is 10.1. The van der Waals surface area contributed by atoms with Crippen LogP contribution in [-0.2, 0) is 0 Å². The van der Waals surface area contributed by atoms with Crippen LogP contribution in [0.1, 0.15) is 23.9 Å². The van der Waals surface area contributed by atoms with E-state index in [4.69, 9.17) is 19.7 Å². The van der Waals surface area contributed by atoms with Crippen molar-refractivity contribution in [2.45, 2.75) is 12.1 Å². The van der Waals surface area contributed by atoms with Crippen LogP contribution < -0.4 is 15.2 Å². The van der Waals surface area contributed by atoms with Gasteiger partial charge in [-0.3, -0.25) is 0 Å². The zero-order valence-corrected chi connectivity index (χ0v) is 12.0. The maximum absolute atomic E-state index is 6.02. The lowest BCUT2D eigenvalue weighted by Crippen LogP contribution is -2.27. The second-order valence-electron chi connectivity index (χ2n) is 5.22. The minimum atomic E-state index is -0.410. The van der Waals surface area contributed by atoms with Crippen molar-refractivity contribution in [3.63, 3.8) is 0 Å². The summed E-state index contributed by atoms with van der Waals surface area (Å²) in [7, 11) is 3.88. The summed E-state index contributed by atoms with van der Waals surface area (Å²) in [6.07, 6.45) is -0.410. The molecule has 0 bridgehead atoms. The maximum Gasteiger partial charge on any atom is 0.271 e. The molecule has 3 rings (SSSR count). The van der Waals surface area contributed by atoms with Gasteiger partial charge in [0.1, 0.15) is 6.61 Å². The van der Waals surface area contributed by atoms with E-state index >= 15 is 0 Å². The van der Waals surface area contributed by atoms with Gasteiger partial charge in [-0.05, 0) is 26.2 Å². The van der Waals surface area contributed by atoms with Crippen molar-refractivity contribution >= 4 is 0 Å². The Morgan fingerprint density at radius 3 is 2.86 bits per heavy atom. The number of benzene rings is 1. The number of rotatable bonds is 4. The molecule has 0 radical (unpaired) electrons. The summed E-state index contributed by atoms with van der Waals surface area (Å²) >= 11 is 0. The molecular weight excluding hydrogens is 272 g/mol. The number of fused-ring (bicyclic) bond motifs is 1. The molecule has 2 N–H and O–H groups in total. The van der Waals surface area contributed by atoms with Gasteiger partial charge in [0.2, 0.25) is 6.10 Å². The molecule has 2 aromatic rings. The summed E-state index contributed by atoms with van der Waals surface area (Å²) in [4.78, 5) is 6.29. The molecule has 21 heavy (non-hydrogen) atoms. The molecule has 2 heterocycles. The highest BCUT2D eigenvalue weighted by molar-refractivity contribution is 5.40. The topological polar surface area (TPSA) is 86.6 Å². The van der Waals surface area contributed by atoms with Gasteiger partial charge in [-0.2, -0.15) is 4.98 Å². The normalized spacial score (nSPS) is 18.8. The Bertz CT molecular complexity index is 614. The highest BCUT2D eigenvalue weighted by atomic mass is 16.6. The second-order valence-corrected chi connectivity index (χ2v) is 5.22. The Morgan fingerprint density at radius 1 is 1.33 bits per heavy atom. The monoisotopic (exact) mass is 290 g/mol. The molecule has 0 saturated carbocycles. The third kappa shape index (κ3) is 2.98. The molecule has 2 unspecified atom stereocenters. The van der Waals surface area contributed by atoms with E-state index in [2.05, 4.69) is 10.1 Å². The standard InChI is InChI=1S/C14H18N4O3/c1-18(2)7-9(15)13-16-14(21-17-13)12-8-19-10-5-3-4-6-11(10)20-12/h3-6,9,12H,7-8,15H2,1-2H3. The lowest BCUT2D eigenvalue weighted by atomic mass is 10.2. The van der Waals surface area contributed by atoms with E-state index in [0.29, 0.717) is 30.6 Å². The van der Waals surface area contributed by atoms with Crippen molar-refractivity contribution in [2.24, 2.45) is 5.73 Å². The first kappa shape index (κ1) is 13.8. The number of hydrogen-bond acceptors (Lipinski definition) is 7. The van der Waals surface area contributed by atoms with Gasteiger partial charge < -0.3 is 24.6 Å². The van der Waals surface area contributed by atoms with Crippen molar-refractivity contribution in [3.05, 3.63) is 36.0 Å². The molecule has 2 atom stereocenters. The van der Waals surface area contributed by atoms with Gasteiger partial charge in [0.25, 0.3) is 5.89 Å². The van der Waals surface area contributed by atoms with Gasteiger partial charge in [0.05, 0.1) is 6.04 Å². The third-order valence-corrected chi connectivity index (χ3v) is 3.13. The Balaban J connectivity index is 1.73. The van der Waals surface area contributed by atoms with Crippen molar-refractivity contribution in [2.75, 3.05) is 27.2 Å². The van der Waals surface area contributed by atoms with Crippen LogP contribution in [0.2, 0.25) is 0 Å². The molecular formula is C14H18N4O3. The van der Waals surface area contributed by atoms with Gasteiger partial charge in [-0.15, -0.1) is 0 Å². The van der Waals surface area contributed by atoms with Gasteiger partial charge in [-0.25, -0.2) is 0 Å². The number of likely N-dealkylation sites (N-methyl/N-ethyl adjacent to an activating group) is 1. The minimum absolute atomic E-state index is 0.297. The summed E-state index contributed by atoms with van der Waals surface area (Å²) in [5.74, 6) is 2.25. The molecule has 0 amide bonds. The fourth-order valence-electron chi connectivity index (χ4n) is 2.14. The molecule has 7 heteroatoms. The highest BCUT2D eigenvalue weighted by Gasteiger charge is 2.28. The van der Waals surface area contributed by atoms with E-state index in [1.165, 1.54) is 0 Å². The third-order valence-electron chi connectivity index (χ3n) is 3.13. The van der Waals surface area contributed by atoms with Crippen LogP contribution >= 0.6 is 0 Å². The van der Waals surface area contributed by atoms with Crippen LogP contribution in [0.25, 0.3) is 0 Å². The van der Waals surface area contributed by atoms with Crippen LogP contribution in [0, 0.1) is 0 Å². The van der Waals surface area contributed by atoms with E-state index in [1.807, 2.05) is 43.3 Å². The summed E-state index contributed by atoms with van der Waals surface area (Å²) in [6, 6.07) is 7.19. The number of nitrogens with zero attached hydrogens (tertiary/aromatic N) is 3. The Labute approximate surface area is 122 Å². The molecule has 0 saturated heterocycles. The van der Waals surface area contributed by atoms with Crippen LogP contribution in [0.5, 0.6) is 11.5 Å². The molecule has 1 aromatic heterocycles. The fourth-order valence-corrected chi connectivity index (χ4v) is 2.14. The van der Waals surface area contributed by atoms with E-state index in [-0.39, 0.29) is 6.04 Å². The van der Waals surface area contributed by atoms with Crippen molar-refractivity contribution < 1.29 is 14.0 Å². The Hall–Kier alpha value is -2.12. The summed E-state index contributed by atoms with van der Waals surface area (Å²) in [5.41, 5.74) is 6.02. The number of hydrogen-bond donors (Lipinski definition) is 1. The Kier molecular flexibility index (Phi) is 3.76. The first-order valence-corrected chi connectivity index (χ1v) is 6.76. The SMILES string of the molecule is CN(C)CC(N)c1noc(C2COc3ccccc3O2)n1. The van der Waals surface area contributed by atoms with Crippen molar-refractivity contribution in [1.29, 1.82) is 0 Å². The fraction of sp³-hybridized carbons (Fsp3) is 0.429. The molecule has 1 aliphatic rings.